The summed E-state index contributed by atoms with van der Waals surface area (Å²) in [5.41, 5.74) is 1.63. The van der Waals surface area contributed by atoms with E-state index < -0.39 is 5.97 Å². The number of benzene rings is 2. The van der Waals surface area contributed by atoms with Gasteiger partial charge in [0.15, 0.2) is 6.61 Å². The minimum atomic E-state index is -1.04. The highest BCUT2D eigenvalue weighted by atomic mass is 79.9. The monoisotopic (exact) mass is 397 g/mol. The number of nitrogens with one attached hydrogen (secondary N) is 1. The van der Waals surface area contributed by atoms with Gasteiger partial charge in [0.1, 0.15) is 5.75 Å². The van der Waals surface area contributed by atoms with Crippen LogP contribution in [0.25, 0.3) is 0 Å². The molecule has 7 heteroatoms. The first-order valence-corrected chi connectivity index (χ1v) is 7.75. The van der Waals surface area contributed by atoms with E-state index in [2.05, 4.69) is 21.2 Å². The molecule has 0 bridgehead atoms. The van der Waals surface area contributed by atoms with Crippen molar-refractivity contribution < 1.29 is 19.4 Å². The molecular weight excluding hydrogens is 386 g/mol. The van der Waals surface area contributed by atoms with Crippen molar-refractivity contribution in [1.29, 1.82) is 0 Å². The smallest absolute Gasteiger partial charge is 0.335 e. The van der Waals surface area contributed by atoms with E-state index in [0.29, 0.717) is 20.9 Å². The van der Waals surface area contributed by atoms with Crippen molar-refractivity contribution in [3.8, 4) is 5.75 Å². The number of carboxylic acid groups (broad SMARTS) is 1. The molecule has 5 nitrogen and oxygen atoms in total. The molecule has 0 aliphatic rings. The maximum absolute atomic E-state index is 11.9. The number of hydrogen-bond donors (Lipinski definition) is 2. The van der Waals surface area contributed by atoms with Gasteiger partial charge < -0.3 is 15.2 Å². The van der Waals surface area contributed by atoms with Crippen molar-refractivity contribution >= 4 is 45.1 Å². The molecule has 0 aliphatic carbocycles. The van der Waals surface area contributed by atoms with E-state index in [1.165, 1.54) is 18.2 Å². The lowest BCUT2D eigenvalue weighted by atomic mass is 10.2. The van der Waals surface area contributed by atoms with Crippen LogP contribution in [0.15, 0.2) is 40.9 Å². The molecule has 2 N–H and O–H groups in total. The van der Waals surface area contributed by atoms with Gasteiger partial charge in [-0.05, 0) is 58.7 Å². The van der Waals surface area contributed by atoms with Crippen LogP contribution in [-0.4, -0.2) is 23.6 Å². The Kier molecular flexibility index (Phi) is 5.63. The first-order valence-electron chi connectivity index (χ1n) is 6.58. The zero-order valence-corrected chi connectivity index (χ0v) is 14.4. The van der Waals surface area contributed by atoms with Crippen molar-refractivity contribution in [3.63, 3.8) is 0 Å². The fraction of sp³-hybridized carbons (Fsp3) is 0.125. The third kappa shape index (κ3) is 4.71. The third-order valence-electron chi connectivity index (χ3n) is 2.99. The van der Waals surface area contributed by atoms with Gasteiger partial charge in [0, 0.05) is 10.7 Å². The number of hydrogen-bond acceptors (Lipinski definition) is 3. The van der Waals surface area contributed by atoms with E-state index in [1.54, 1.807) is 18.2 Å². The molecule has 0 saturated heterocycles. The van der Waals surface area contributed by atoms with E-state index in [-0.39, 0.29) is 18.1 Å². The minimum absolute atomic E-state index is 0.128. The number of aromatic carboxylic acids is 1. The molecule has 0 atom stereocenters. The van der Waals surface area contributed by atoms with Gasteiger partial charge >= 0.3 is 5.97 Å². The van der Waals surface area contributed by atoms with Crippen LogP contribution in [0.4, 0.5) is 5.69 Å². The van der Waals surface area contributed by atoms with E-state index in [1.807, 2.05) is 6.92 Å². The zero-order valence-electron chi connectivity index (χ0n) is 12.1. The summed E-state index contributed by atoms with van der Waals surface area (Å²) in [6.45, 7) is 1.66. The molecule has 2 aromatic carbocycles. The number of carbonyl (C=O) groups excluding carboxylic acids is 1. The largest absolute Gasteiger partial charge is 0.483 e. The Morgan fingerprint density at radius 1 is 1.26 bits per heavy atom. The van der Waals surface area contributed by atoms with Gasteiger partial charge in [-0.2, -0.15) is 0 Å². The van der Waals surface area contributed by atoms with Gasteiger partial charge in [-0.25, -0.2) is 4.79 Å². The number of carbonyl (C=O) groups is 2. The summed E-state index contributed by atoms with van der Waals surface area (Å²) in [6, 6.07) is 9.52. The summed E-state index contributed by atoms with van der Waals surface area (Å²) in [5, 5.41) is 12.1. The highest BCUT2D eigenvalue weighted by molar-refractivity contribution is 9.10. The lowest BCUT2D eigenvalue weighted by Gasteiger charge is -2.10. The van der Waals surface area contributed by atoms with Crippen LogP contribution in [0.2, 0.25) is 5.02 Å². The maximum atomic E-state index is 11.9. The van der Waals surface area contributed by atoms with Gasteiger partial charge in [0.2, 0.25) is 0 Å². The van der Waals surface area contributed by atoms with E-state index in [0.717, 1.165) is 5.56 Å². The fourth-order valence-corrected chi connectivity index (χ4v) is 2.44. The zero-order chi connectivity index (χ0) is 17.0. The van der Waals surface area contributed by atoms with Gasteiger partial charge in [-0.1, -0.05) is 17.7 Å². The quantitative estimate of drug-likeness (QED) is 0.794. The minimum Gasteiger partial charge on any atom is -0.483 e. The number of halogens is 2. The molecule has 2 rings (SSSR count). The molecule has 0 fully saturated rings. The average molecular weight is 399 g/mol. The molecule has 0 aliphatic heterocycles. The molecular formula is C16H13BrClNO4. The van der Waals surface area contributed by atoms with Crippen molar-refractivity contribution in [2.45, 2.75) is 6.92 Å². The Hall–Kier alpha value is -2.05. The summed E-state index contributed by atoms with van der Waals surface area (Å²) < 4.78 is 5.84. The second-order valence-corrected chi connectivity index (χ2v) is 6.01. The molecule has 0 spiro atoms. The van der Waals surface area contributed by atoms with E-state index in [4.69, 9.17) is 21.4 Å². The predicted octanol–water partition coefficient (Wildman–Crippen LogP) is 4.13. The maximum Gasteiger partial charge on any atom is 0.335 e. The standard InChI is InChI=1S/C16H13BrClNO4/c1-9-2-4-11(7-13(9)18)19-15(20)8-23-14-5-3-10(16(21)22)6-12(14)17/h2-7H,8H2,1H3,(H,19,20)(H,21,22). The van der Waals surface area contributed by atoms with Crippen molar-refractivity contribution in [1.82, 2.24) is 0 Å². The summed E-state index contributed by atoms with van der Waals surface area (Å²) >= 11 is 9.21. The number of anilines is 1. The fourth-order valence-electron chi connectivity index (χ4n) is 1.76. The summed E-state index contributed by atoms with van der Waals surface area (Å²) in [4.78, 5) is 22.7. The Labute approximate surface area is 146 Å². The number of carboxylic acids is 1. The third-order valence-corrected chi connectivity index (χ3v) is 4.02. The van der Waals surface area contributed by atoms with Crippen LogP contribution in [0, 0.1) is 6.92 Å². The van der Waals surface area contributed by atoms with Crippen molar-refractivity contribution in [2.75, 3.05) is 11.9 Å². The molecule has 0 unspecified atom stereocenters. The number of rotatable bonds is 5. The highest BCUT2D eigenvalue weighted by Crippen LogP contribution is 2.26. The molecule has 0 saturated carbocycles. The Morgan fingerprint density at radius 3 is 2.61 bits per heavy atom. The normalized spacial score (nSPS) is 10.2. The van der Waals surface area contributed by atoms with Gasteiger partial charge in [-0.3, -0.25) is 4.79 Å². The predicted molar refractivity (Wildman–Crippen MR) is 91.4 cm³/mol. The Balaban J connectivity index is 1.96. The molecule has 0 aromatic heterocycles. The Bertz CT molecular complexity index is 764. The van der Waals surface area contributed by atoms with Crippen molar-refractivity contribution in [3.05, 3.63) is 57.0 Å². The average Bonchev–Trinajstić information content (AvgIpc) is 2.49. The molecule has 1 amide bonds. The van der Waals surface area contributed by atoms with Crippen LogP contribution >= 0.6 is 27.5 Å². The lowest BCUT2D eigenvalue weighted by molar-refractivity contribution is -0.118. The first kappa shape index (κ1) is 17.3. The molecule has 0 heterocycles. The highest BCUT2D eigenvalue weighted by Gasteiger charge is 2.10. The topological polar surface area (TPSA) is 75.6 Å². The molecule has 23 heavy (non-hydrogen) atoms. The van der Waals surface area contributed by atoms with Crippen molar-refractivity contribution in [2.24, 2.45) is 0 Å². The number of aryl methyl sites for hydroxylation is 1. The van der Waals surface area contributed by atoms with Crippen LogP contribution in [0.1, 0.15) is 15.9 Å². The summed E-state index contributed by atoms with van der Waals surface area (Å²) in [6.07, 6.45) is 0. The molecule has 120 valence electrons. The summed E-state index contributed by atoms with van der Waals surface area (Å²) in [5.74, 6) is -1.00. The molecule has 2 aromatic rings. The SMILES string of the molecule is Cc1ccc(NC(=O)COc2ccc(C(=O)O)cc2Br)cc1Cl. The van der Waals surface area contributed by atoms with Gasteiger partial charge in [0.25, 0.3) is 5.91 Å². The van der Waals surface area contributed by atoms with Gasteiger partial charge in [-0.15, -0.1) is 0 Å². The van der Waals surface area contributed by atoms with Crippen LogP contribution in [0.3, 0.4) is 0 Å². The second-order valence-electron chi connectivity index (χ2n) is 4.75. The van der Waals surface area contributed by atoms with Crippen LogP contribution in [0.5, 0.6) is 5.75 Å². The second kappa shape index (κ2) is 7.48. The molecule has 0 radical (unpaired) electrons. The van der Waals surface area contributed by atoms with E-state index in [9.17, 15) is 9.59 Å². The number of amides is 1. The lowest BCUT2D eigenvalue weighted by Crippen LogP contribution is -2.20. The van der Waals surface area contributed by atoms with Crippen LogP contribution in [-0.2, 0) is 4.79 Å². The summed E-state index contributed by atoms with van der Waals surface area (Å²) in [7, 11) is 0. The Morgan fingerprint density at radius 2 is 2.00 bits per heavy atom. The number of ether oxygens (including phenoxy) is 1. The van der Waals surface area contributed by atoms with Gasteiger partial charge in [0.05, 0.1) is 10.0 Å². The van der Waals surface area contributed by atoms with Crippen LogP contribution < -0.4 is 10.1 Å². The van der Waals surface area contributed by atoms with E-state index >= 15 is 0 Å². The first-order chi connectivity index (χ1) is 10.9.